The Morgan fingerprint density at radius 2 is 2.25 bits per heavy atom. The van der Waals surface area contributed by atoms with Crippen molar-refractivity contribution in [2.75, 3.05) is 5.75 Å². The number of hydrogen-bond acceptors (Lipinski definition) is 1. The van der Waals surface area contributed by atoms with E-state index < -0.39 is 0 Å². The molecule has 0 aliphatic carbocycles. The topological polar surface area (TPSA) is 0 Å². The molecule has 0 bridgehead atoms. The molecule has 0 nitrogen and oxygen atoms in total. The first-order valence-electron chi connectivity index (χ1n) is 3.79. The van der Waals surface area contributed by atoms with Gasteiger partial charge in [0.25, 0.3) is 0 Å². The van der Waals surface area contributed by atoms with Gasteiger partial charge in [0.2, 0.25) is 0 Å². The van der Waals surface area contributed by atoms with E-state index in [1.54, 1.807) is 0 Å². The SMILES string of the molecule is CCCSc1[c-]cccc1.[Zn+][Br]. The van der Waals surface area contributed by atoms with Gasteiger partial charge >= 0.3 is 30.0 Å². The summed E-state index contributed by atoms with van der Waals surface area (Å²) in [6.07, 6.45) is 1.23. The molecule has 62 valence electrons. The van der Waals surface area contributed by atoms with Gasteiger partial charge in [-0.3, -0.25) is 0 Å². The Labute approximate surface area is 95.6 Å². The standard InChI is InChI=1S/C9H11S.BrH.Zn/c1-2-8-10-9-6-4-3-5-7-9;;/h3-6H,2,8H2,1H3;1H;/q-1;;+2/p-1. The van der Waals surface area contributed by atoms with Crippen LogP contribution in [-0.4, -0.2) is 5.75 Å². The Morgan fingerprint density at radius 1 is 1.50 bits per heavy atom. The molecule has 0 aromatic heterocycles. The van der Waals surface area contributed by atoms with Crippen LogP contribution < -0.4 is 0 Å². The molecule has 0 amide bonds. The molecule has 0 atom stereocenters. The van der Waals surface area contributed by atoms with Crippen molar-refractivity contribution in [3.63, 3.8) is 0 Å². The fraction of sp³-hybridized carbons (Fsp3) is 0.333. The molecule has 0 radical (unpaired) electrons. The second-order valence-corrected chi connectivity index (χ2v) is 3.21. The zero-order valence-electron chi connectivity index (χ0n) is 7.22. The van der Waals surface area contributed by atoms with Crippen LogP contribution in [0.15, 0.2) is 29.2 Å². The molecule has 1 aromatic carbocycles. The van der Waals surface area contributed by atoms with E-state index in [0.29, 0.717) is 0 Å². The molecule has 0 heterocycles. The third-order valence-corrected chi connectivity index (χ3v) is 2.32. The normalized spacial score (nSPS) is 8.67. The second-order valence-electron chi connectivity index (χ2n) is 2.08. The van der Waals surface area contributed by atoms with Gasteiger partial charge in [0.15, 0.2) is 0 Å². The molecule has 12 heavy (non-hydrogen) atoms. The Balaban J connectivity index is 0.000000561. The summed E-state index contributed by atoms with van der Waals surface area (Å²) in [6.45, 7) is 2.19. The number of hydrogen-bond donors (Lipinski definition) is 0. The van der Waals surface area contributed by atoms with Crippen LogP contribution >= 0.6 is 25.4 Å². The molecule has 0 N–H and O–H groups in total. The van der Waals surface area contributed by atoms with Gasteiger partial charge in [-0.2, -0.15) is 42.1 Å². The maximum absolute atomic E-state index is 3.17. The van der Waals surface area contributed by atoms with Crippen LogP contribution in [0, 0.1) is 6.07 Å². The summed E-state index contributed by atoms with van der Waals surface area (Å²) in [7, 11) is 0. The molecule has 0 saturated carbocycles. The first-order valence-corrected chi connectivity index (χ1v) is 11.7. The number of halogens is 1. The van der Waals surface area contributed by atoms with Gasteiger partial charge in [-0.05, 0) is 12.2 Å². The molecule has 3 heteroatoms. The van der Waals surface area contributed by atoms with E-state index in [1.807, 2.05) is 23.9 Å². The van der Waals surface area contributed by atoms with E-state index in [2.05, 4.69) is 38.7 Å². The number of benzene rings is 1. The molecule has 0 aliphatic rings. The zero-order chi connectivity index (χ0) is 9.23. The van der Waals surface area contributed by atoms with E-state index in [4.69, 9.17) is 0 Å². The van der Waals surface area contributed by atoms with E-state index in [0.717, 1.165) is 0 Å². The predicted octanol–water partition coefficient (Wildman–Crippen LogP) is 3.83. The molecule has 0 spiro atoms. The zero-order valence-corrected chi connectivity index (χ0v) is 12.6. The third-order valence-electron chi connectivity index (χ3n) is 1.14. The minimum atomic E-state index is 1.19. The van der Waals surface area contributed by atoms with Gasteiger partial charge in [0.05, 0.1) is 0 Å². The van der Waals surface area contributed by atoms with Crippen molar-refractivity contribution < 1.29 is 16.3 Å². The Bertz CT molecular complexity index is 179. The van der Waals surface area contributed by atoms with Gasteiger partial charge in [-0.25, -0.2) is 0 Å². The molecule has 1 rings (SSSR count). The second kappa shape index (κ2) is 9.76. The predicted molar refractivity (Wildman–Crippen MR) is 55.2 cm³/mol. The Hall–Kier alpha value is 0.673. The van der Waals surface area contributed by atoms with Crippen LogP contribution in [0.2, 0.25) is 0 Å². The number of rotatable bonds is 3. The van der Waals surface area contributed by atoms with Crippen LogP contribution in [0.1, 0.15) is 13.3 Å². The maximum atomic E-state index is 3.17. The van der Waals surface area contributed by atoms with Crippen molar-refractivity contribution in [3.05, 3.63) is 30.3 Å². The summed E-state index contributed by atoms with van der Waals surface area (Å²) in [5.74, 6) is 1.19. The third kappa shape index (κ3) is 6.22. The van der Waals surface area contributed by atoms with Crippen molar-refractivity contribution >= 4 is 25.4 Å². The summed E-state index contributed by atoms with van der Waals surface area (Å²) in [5, 5.41) is 0. The van der Waals surface area contributed by atoms with Crippen molar-refractivity contribution in [1.29, 1.82) is 0 Å². The van der Waals surface area contributed by atoms with Crippen LogP contribution in [0.3, 0.4) is 0 Å². The van der Waals surface area contributed by atoms with Crippen LogP contribution in [0.5, 0.6) is 0 Å². The minimum absolute atomic E-state index is 1.19. The first-order chi connectivity index (χ1) is 5.93. The fourth-order valence-electron chi connectivity index (χ4n) is 0.679. The van der Waals surface area contributed by atoms with Gasteiger partial charge in [0.1, 0.15) is 0 Å². The van der Waals surface area contributed by atoms with E-state index in [9.17, 15) is 0 Å². The van der Waals surface area contributed by atoms with Crippen LogP contribution in [0.4, 0.5) is 0 Å². The fourth-order valence-corrected chi connectivity index (χ4v) is 1.43. The van der Waals surface area contributed by atoms with Crippen LogP contribution in [0.25, 0.3) is 0 Å². The summed E-state index contributed by atoms with van der Waals surface area (Å²) >= 11 is 6.11. The van der Waals surface area contributed by atoms with E-state index >= 15 is 0 Å². The average molecular weight is 297 g/mol. The van der Waals surface area contributed by atoms with Gasteiger partial charge in [-0.1, -0.05) is 6.92 Å². The molecular weight excluding hydrogens is 285 g/mol. The monoisotopic (exact) mass is 294 g/mol. The molecule has 1 aromatic rings. The van der Waals surface area contributed by atoms with Crippen LogP contribution in [-0.2, 0) is 16.3 Å². The summed E-state index contributed by atoms with van der Waals surface area (Å²) in [4.78, 5) is 1.25. The summed E-state index contributed by atoms with van der Waals surface area (Å²) < 4.78 is 0. The van der Waals surface area contributed by atoms with Crippen molar-refractivity contribution in [3.8, 4) is 0 Å². The van der Waals surface area contributed by atoms with Gasteiger partial charge in [-0.15, -0.1) is 4.90 Å². The quantitative estimate of drug-likeness (QED) is 0.464. The van der Waals surface area contributed by atoms with Crippen molar-refractivity contribution in [2.45, 2.75) is 18.2 Å². The van der Waals surface area contributed by atoms with Gasteiger partial charge < -0.3 is 0 Å². The number of thioether (sulfide) groups is 1. The van der Waals surface area contributed by atoms with Gasteiger partial charge in [0, 0.05) is 0 Å². The summed E-state index contributed by atoms with van der Waals surface area (Å²) in [6, 6.07) is 11.3. The molecule has 0 saturated heterocycles. The van der Waals surface area contributed by atoms with Crippen molar-refractivity contribution in [1.82, 2.24) is 0 Å². The Morgan fingerprint density at radius 3 is 2.75 bits per heavy atom. The summed E-state index contributed by atoms with van der Waals surface area (Å²) in [5.41, 5.74) is 0. The molecule has 0 aliphatic heterocycles. The first kappa shape index (κ1) is 12.7. The Kier molecular flexibility index (Phi) is 10.3. The average Bonchev–Trinajstić information content (AvgIpc) is 2.19. The van der Waals surface area contributed by atoms with E-state index in [-0.39, 0.29) is 0 Å². The molecule has 0 fully saturated rings. The molecular formula is C9H11BrSZn. The molecule has 0 unspecified atom stereocenters. The van der Waals surface area contributed by atoms with Crippen molar-refractivity contribution in [2.24, 2.45) is 0 Å². The van der Waals surface area contributed by atoms with E-state index in [1.165, 1.54) is 33.4 Å².